The number of aromatic nitrogens is 1. The highest BCUT2D eigenvalue weighted by Crippen LogP contribution is 2.43. The van der Waals surface area contributed by atoms with Crippen molar-refractivity contribution in [1.82, 2.24) is 14.6 Å². The van der Waals surface area contributed by atoms with Crippen LogP contribution in [0.4, 0.5) is 0 Å². The third-order valence-corrected chi connectivity index (χ3v) is 9.08. The molecule has 1 aromatic heterocycles. The van der Waals surface area contributed by atoms with Gasteiger partial charge in [0.25, 0.3) is 0 Å². The summed E-state index contributed by atoms with van der Waals surface area (Å²) >= 11 is 0. The van der Waals surface area contributed by atoms with Crippen LogP contribution in [-0.4, -0.2) is 65.6 Å². The fraction of sp³-hybridized carbons (Fsp3) is 0.400. The number of ether oxygens (including phenoxy) is 2. The molecule has 0 fully saturated rings. The third kappa shape index (κ3) is 4.84. The normalized spacial score (nSPS) is 18.0. The molecule has 0 spiro atoms. The summed E-state index contributed by atoms with van der Waals surface area (Å²) in [4.78, 5) is 13.0. The summed E-state index contributed by atoms with van der Waals surface area (Å²) < 4.78 is 14.5. The van der Waals surface area contributed by atoms with E-state index >= 15 is 0 Å². The summed E-state index contributed by atoms with van der Waals surface area (Å²) in [5.41, 5.74) is 7.22. The Labute approximate surface area is 247 Å². The number of hydrogen-bond donors (Lipinski definition) is 1. The Balaban J connectivity index is 1.43. The molecule has 3 aromatic carbocycles. The molecule has 42 heavy (non-hydrogen) atoms. The molecule has 1 atom stereocenters. The van der Waals surface area contributed by atoms with E-state index in [4.69, 9.17) is 9.47 Å². The smallest absolute Gasteiger partial charge is 0.352 e. The van der Waals surface area contributed by atoms with Crippen LogP contribution < -0.4 is 4.74 Å². The molecule has 1 N–H and O–H groups in total. The largest absolute Gasteiger partial charge is 0.493 e. The molecule has 1 unspecified atom stereocenters. The number of nitrogens with zero attached hydrogens (tertiary/aromatic N) is 3. The topological polar surface area (TPSA) is 67.2 Å². The number of hydrogen-bond acceptors (Lipinski definition) is 5. The molecule has 0 saturated carbocycles. The van der Waals surface area contributed by atoms with Crippen molar-refractivity contribution in [3.05, 3.63) is 82.7 Å². The van der Waals surface area contributed by atoms with E-state index in [0.29, 0.717) is 38.5 Å². The van der Waals surface area contributed by atoms with Gasteiger partial charge in [0.05, 0.1) is 24.8 Å². The number of rotatable bonds is 7. The van der Waals surface area contributed by atoms with E-state index in [1.54, 1.807) is 0 Å². The van der Waals surface area contributed by atoms with Gasteiger partial charge in [-0.1, -0.05) is 55.5 Å². The predicted octanol–water partition coefficient (Wildman–Crippen LogP) is 6.91. The second-order valence-corrected chi connectivity index (χ2v) is 11.5. The Morgan fingerprint density at radius 3 is 2.67 bits per heavy atom. The maximum Gasteiger partial charge on any atom is 0.352 e. The fourth-order valence-corrected chi connectivity index (χ4v) is 6.98. The monoisotopic (exact) mass is 567 g/mol. The highest BCUT2D eigenvalue weighted by atomic mass is 16.5. The molecule has 0 bridgehead atoms. The lowest BCUT2D eigenvalue weighted by molar-refractivity contribution is 0.0134. The van der Waals surface area contributed by atoms with Crippen molar-refractivity contribution in [3.63, 3.8) is 0 Å². The SMILES string of the molecule is CCC1=C2c3c(C)ccc4c(CCCOc5cccc6ccccc56)c(C(=O)O)n(c34)CCCCOCC2N(C)N1C. The molecule has 7 heteroatoms. The molecule has 7 nitrogen and oxygen atoms in total. The number of fused-ring (bicyclic) bond motifs is 3. The van der Waals surface area contributed by atoms with Crippen molar-refractivity contribution in [2.75, 3.05) is 33.9 Å². The van der Waals surface area contributed by atoms with Gasteiger partial charge in [0, 0.05) is 54.9 Å². The summed E-state index contributed by atoms with van der Waals surface area (Å²) in [6.07, 6.45) is 3.98. The summed E-state index contributed by atoms with van der Waals surface area (Å²) in [6, 6.07) is 18.7. The van der Waals surface area contributed by atoms with Crippen LogP contribution in [0.5, 0.6) is 5.75 Å². The molecule has 0 aliphatic carbocycles. The van der Waals surface area contributed by atoms with E-state index in [0.717, 1.165) is 69.8 Å². The van der Waals surface area contributed by atoms with E-state index in [-0.39, 0.29) is 6.04 Å². The van der Waals surface area contributed by atoms with Crippen molar-refractivity contribution >= 4 is 33.2 Å². The standard InChI is InChI=1S/C35H41N3O4/c1-5-28-32-29(37(4)36(28)3)22-41-20-9-8-19-38-33-27(18-17-23(2)31(32)33)26(34(38)35(39)40)15-11-21-42-30-16-10-13-24-12-6-7-14-25(24)30/h6-7,10,12-14,16-18,29H,5,8-9,11,15,19-22H2,1-4H3,(H,39,40). The number of carbonyl (C=O) groups is 1. The van der Waals surface area contributed by atoms with Crippen molar-refractivity contribution < 1.29 is 19.4 Å². The van der Waals surface area contributed by atoms with E-state index in [1.807, 2.05) is 24.3 Å². The molecule has 0 radical (unpaired) electrons. The molecular formula is C35H41N3O4. The lowest BCUT2D eigenvalue weighted by Crippen LogP contribution is -2.39. The van der Waals surface area contributed by atoms with Gasteiger partial charge in [-0.3, -0.25) is 0 Å². The highest BCUT2D eigenvalue weighted by molar-refractivity contribution is 6.04. The Bertz CT molecular complexity index is 1660. The van der Waals surface area contributed by atoms with Gasteiger partial charge in [0.1, 0.15) is 11.4 Å². The molecule has 4 aromatic rings. The van der Waals surface area contributed by atoms with Gasteiger partial charge in [0.15, 0.2) is 0 Å². The number of hydrazine groups is 1. The molecule has 0 saturated heterocycles. The Morgan fingerprint density at radius 1 is 1.05 bits per heavy atom. The molecule has 2 aliphatic heterocycles. The summed E-state index contributed by atoms with van der Waals surface area (Å²) in [6.45, 7) is 6.79. The maximum atomic E-state index is 13.0. The Hall–Kier alpha value is -3.81. The van der Waals surface area contributed by atoms with Crippen LogP contribution in [0.1, 0.15) is 59.8 Å². The fourth-order valence-electron chi connectivity index (χ4n) is 6.98. The number of allylic oxidation sites excluding steroid dienone is 1. The molecule has 220 valence electrons. The van der Waals surface area contributed by atoms with Crippen LogP contribution in [-0.2, 0) is 17.7 Å². The average molecular weight is 568 g/mol. The Morgan fingerprint density at radius 2 is 1.86 bits per heavy atom. The molecule has 3 heterocycles. The first-order valence-electron chi connectivity index (χ1n) is 15.2. The van der Waals surface area contributed by atoms with Crippen LogP contribution in [0.25, 0.3) is 27.2 Å². The van der Waals surface area contributed by atoms with Crippen LogP contribution >= 0.6 is 0 Å². The van der Waals surface area contributed by atoms with Crippen molar-refractivity contribution in [3.8, 4) is 5.75 Å². The second kappa shape index (κ2) is 11.8. The second-order valence-electron chi connectivity index (χ2n) is 11.5. The zero-order valence-corrected chi connectivity index (χ0v) is 25.2. The predicted molar refractivity (Wildman–Crippen MR) is 168 cm³/mol. The summed E-state index contributed by atoms with van der Waals surface area (Å²) in [7, 11) is 4.23. The molecule has 0 amide bonds. The van der Waals surface area contributed by atoms with Gasteiger partial charge in [-0.2, -0.15) is 0 Å². The van der Waals surface area contributed by atoms with Crippen LogP contribution in [0.3, 0.4) is 0 Å². The van der Waals surface area contributed by atoms with Crippen molar-refractivity contribution in [2.45, 2.75) is 58.5 Å². The molecular weight excluding hydrogens is 526 g/mol. The summed E-state index contributed by atoms with van der Waals surface area (Å²) in [5.74, 6) is -0.00378. The third-order valence-electron chi connectivity index (χ3n) is 9.08. The first kappa shape index (κ1) is 28.3. The van der Waals surface area contributed by atoms with Crippen LogP contribution in [0, 0.1) is 6.92 Å². The number of aromatic carboxylic acids is 1. The van der Waals surface area contributed by atoms with Gasteiger partial charge < -0.3 is 24.2 Å². The van der Waals surface area contributed by atoms with Crippen molar-refractivity contribution in [1.29, 1.82) is 0 Å². The number of carboxylic acids is 1. The lowest BCUT2D eigenvalue weighted by atomic mass is 9.90. The van der Waals surface area contributed by atoms with Gasteiger partial charge in [-0.15, -0.1) is 0 Å². The first-order chi connectivity index (χ1) is 20.4. The number of aryl methyl sites for hydroxylation is 3. The van der Waals surface area contributed by atoms with E-state index in [2.05, 4.69) is 72.9 Å². The minimum atomic E-state index is -0.868. The average Bonchev–Trinajstić information content (AvgIpc) is 3.41. The van der Waals surface area contributed by atoms with Gasteiger partial charge >= 0.3 is 5.97 Å². The minimum Gasteiger partial charge on any atom is -0.493 e. The number of carboxylic acid groups (broad SMARTS) is 1. The van der Waals surface area contributed by atoms with Crippen LogP contribution in [0.2, 0.25) is 0 Å². The van der Waals surface area contributed by atoms with Gasteiger partial charge in [-0.05, 0) is 61.6 Å². The first-order valence-corrected chi connectivity index (χ1v) is 15.2. The summed E-state index contributed by atoms with van der Waals surface area (Å²) in [5, 5.41) is 18.4. The van der Waals surface area contributed by atoms with Gasteiger partial charge in [-0.25, -0.2) is 9.80 Å². The quantitative estimate of drug-likeness (QED) is 0.245. The van der Waals surface area contributed by atoms with Crippen molar-refractivity contribution in [2.24, 2.45) is 0 Å². The zero-order chi connectivity index (χ0) is 29.4. The van der Waals surface area contributed by atoms with Crippen LogP contribution in [0.15, 0.2) is 60.3 Å². The van der Waals surface area contributed by atoms with Gasteiger partial charge in [0.2, 0.25) is 0 Å². The Kier molecular flexibility index (Phi) is 7.97. The van der Waals surface area contributed by atoms with E-state index in [1.165, 1.54) is 11.3 Å². The number of likely N-dealkylation sites (N-methyl/N-ethyl adjacent to an activating group) is 1. The highest BCUT2D eigenvalue weighted by Gasteiger charge is 2.37. The maximum absolute atomic E-state index is 13.0. The lowest BCUT2D eigenvalue weighted by Gasteiger charge is -2.29. The van der Waals surface area contributed by atoms with E-state index in [9.17, 15) is 9.90 Å². The van der Waals surface area contributed by atoms with E-state index < -0.39 is 5.97 Å². The zero-order valence-electron chi connectivity index (χ0n) is 25.2. The molecule has 2 aliphatic rings. The molecule has 6 rings (SSSR count). The minimum absolute atomic E-state index is 0.0709. The number of benzene rings is 3.